The third kappa shape index (κ3) is 3.19. The summed E-state index contributed by atoms with van der Waals surface area (Å²) in [5.41, 5.74) is 1.19. The fourth-order valence-electron chi connectivity index (χ4n) is 1.19. The normalized spacial score (nSPS) is 11.3. The molecule has 0 radical (unpaired) electrons. The van der Waals surface area contributed by atoms with Crippen molar-refractivity contribution < 1.29 is 15.2 Å². The molecule has 0 aliphatic rings. The van der Waals surface area contributed by atoms with E-state index in [2.05, 4.69) is 0 Å². The minimum absolute atomic E-state index is 0.339. The Bertz CT molecular complexity index is 357. The van der Waals surface area contributed by atoms with Crippen molar-refractivity contribution in [2.75, 3.05) is 0 Å². The van der Waals surface area contributed by atoms with Crippen LogP contribution in [-0.2, 0) is 4.79 Å². The molecule has 0 atom stereocenters. The van der Waals surface area contributed by atoms with Crippen molar-refractivity contribution in [3.63, 3.8) is 0 Å². The van der Waals surface area contributed by atoms with Crippen LogP contribution in [-0.4, -0.2) is 21.5 Å². The van der Waals surface area contributed by atoms with Crippen molar-refractivity contribution >= 4 is 12.0 Å². The molecule has 1 aromatic carbocycles. The number of hydrogen-bond donors (Lipinski definition) is 2. The lowest BCUT2D eigenvalue weighted by molar-refractivity contribution is -0.281. The van der Waals surface area contributed by atoms with Gasteiger partial charge in [-0.1, -0.05) is 42.5 Å². The van der Waals surface area contributed by atoms with E-state index >= 15 is 0 Å². The Morgan fingerprint density at radius 1 is 1.33 bits per heavy atom. The highest BCUT2D eigenvalue weighted by Gasteiger charge is 2.12. The summed E-state index contributed by atoms with van der Waals surface area (Å²) in [4.78, 5) is 11.2. The van der Waals surface area contributed by atoms with Crippen molar-refractivity contribution in [2.45, 2.75) is 13.3 Å². The zero-order chi connectivity index (χ0) is 11.3. The van der Waals surface area contributed by atoms with Gasteiger partial charge < -0.3 is 0 Å². The highest BCUT2D eigenvalue weighted by molar-refractivity contribution is 5.96. The summed E-state index contributed by atoms with van der Waals surface area (Å²) in [6.07, 6.45) is 2.06. The second-order valence-corrected chi connectivity index (χ2v) is 3.03. The minimum atomic E-state index is -0.804. The Balaban J connectivity index is 2.93. The van der Waals surface area contributed by atoms with Crippen LogP contribution in [0, 0.1) is 0 Å². The van der Waals surface area contributed by atoms with Crippen LogP contribution in [0.25, 0.3) is 6.08 Å². The van der Waals surface area contributed by atoms with Crippen molar-refractivity contribution in [1.82, 2.24) is 5.23 Å². The van der Waals surface area contributed by atoms with Gasteiger partial charge >= 0.3 is 0 Å². The molecular formula is C11H13NO3. The molecule has 0 saturated carbocycles. The van der Waals surface area contributed by atoms with E-state index in [-0.39, 0.29) is 0 Å². The molecule has 0 aromatic heterocycles. The first-order chi connectivity index (χ1) is 7.15. The predicted molar refractivity (Wildman–Crippen MR) is 55.1 cm³/mol. The molecule has 0 aliphatic heterocycles. The second-order valence-electron chi connectivity index (χ2n) is 3.03. The van der Waals surface area contributed by atoms with Gasteiger partial charge in [0.15, 0.2) is 0 Å². The molecule has 1 aromatic rings. The van der Waals surface area contributed by atoms with Gasteiger partial charge in [-0.3, -0.25) is 15.2 Å². The first-order valence-electron chi connectivity index (χ1n) is 4.63. The monoisotopic (exact) mass is 207 g/mol. The summed E-state index contributed by atoms with van der Waals surface area (Å²) in [6, 6.07) is 9.23. The Labute approximate surface area is 88.0 Å². The Morgan fingerprint density at radius 3 is 2.40 bits per heavy atom. The molecular weight excluding hydrogens is 194 g/mol. The maximum Gasteiger partial charge on any atom is 0.299 e. The third-order valence-corrected chi connectivity index (χ3v) is 1.98. The van der Waals surface area contributed by atoms with Crippen LogP contribution in [0.2, 0.25) is 0 Å². The predicted octanol–water partition coefficient (Wildman–Crippen LogP) is 2.09. The van der Waals surface area contributed by atoms with E-state index < -0.39 is 11.1 Å². The van der Waals surface area contributed by atoms with Crippen LogP contribution >= 0.6 is 0 Å². The number of benzene rings is 1. The molecule has 0 saturated heterocycles. The molecule has 4 nitrogen and oxygen atoms in total. The standard InChI is InChI=1S/C11H13NO3/c1-2-10(11(13)12(14)15)8-9-6-4-3-5-7-9/h3-8,14-15H,2H2,1H3. The number of hydroxylamine groups is 2. The molecule has 0 spiro atoms. The molecule has 1 amide bonds. The lowest BCUT2D eigenvalue weighted by Gasteiger charge is -2.07. The Hall–Kier alpha value is -1.65. The number of carbonyl (C=O) groups excluding carboxylic acids is 1. The van der Waals surface area contributed by atoms with Gasteiger partial charge in [0.1, 0.15) is 0 Å². The van der Waals surface area contributed by atoms with Gasteiger partial charge in [0.05, 0.1) is 0 Å². The van der Waals surface area contributed by atoms with Gasteiger partial charge in [0.25, 0.3) is 5.91 Å². The lowest BCUT2D eigenvalue weighted by atomic mass is 10.1. The summed E-state index contributed by atoms with van der Waals surface area (Å²) >= 11 is 0. The highest BCUT2D eigenvalue weighted by atomic mass is 16.8. The maximum atomic E-state index is 11.2. The molecule has 0 unspecified atom stereocenters. The van der Waals surface area contributed by atoms with Gasteiger partial charge in [0, 0.05) is 5.57 Å². The average Bonchev–Trinajstić information content (AvgIpc) is 2.26. The van der Waals surface area contributed by atoms with Crippen LogP contribution < -0.4 is 0 Å². The number of nitrogens with zero attached hydrogens (tertiary/aromatic N) is 1. The van der Waals surface area contributed by atoms with E-state index in [0.717, 1.165) is 5.56 Å². The molecule has 15 heavy (non-hydrogen) atoms. The maximum absolute atomic E-state index is 11.2. The summed E-state index contributed by atoms with van der Waals surface area (Å²) in [5.74, 6) is -0.804. The first kappa shape index (κ1) is 11.4. The minimum Gasteiger partial charge on any atom is -0.265 e. The molecule has 1 rings (SSSR count). The summed E-state index contributed by atoms with van der Waals surface area (Å²) in [7, 11) is 0. The largest absolute Gasteiger partial charge is 0.299 e. The van der Waals surface area contributed by atoms with Gasteiger partial charge in [-0.25, -0.2) is 0 Å². The Morgan fingerprint density at radius 2 is 1.93 bits per heavy atom. The van der Waals surface area contributed by atoms with E-state index in [4.69, 9.17) is 10.4 Å². The van der Waals surface area contributed by atoms with Crippen molar-refractivity contribution in [1.29, 1.82) is 0 Å². The zero-order valence-corrected chi connectivity index (χ0v) is 8.42. The topological polar surface area (TPSA) is 60.8 Å². The quantitative estimate of drug-likeness (QED) is 0.453. The SMILES string of the molecule is CCC(=Cc1ccccc1)C(=O)N(O)O. The number of amides is 1. The van der Waals surface area contributed by atoms with Crippen LogP contribution in [0.5, 0.6) is 0 Å². The fourth-order valence-corrected chi connectivity index (χ4v) is 1.19. The van der Waals surface area contributed by atoms with Crippen molar-refractivity contribution in [2.24, 2.45) is 0 Å². The average molecular weight is 207 g/mol. The number of rotatable bonds is 3. The van der Waals surface area contributed by atoms with E-state index in [1.165, 1.54) is 0 Å². The van der Waals surface area contributed by atoms with E-state index in [9.17, 15) is 4.79 Å². The lowest BCUT2D eigenvalue weighted by Crippen LogP contribution is -2.24. The van der Waals surface area contributed by atoms with E-state index in [1.54, 1.807) is 13.0 Å². The number of hydrogen-bond acceptors (Lipinski definition) is 3. The summed E-state index contributed by atoms with van der Waals surface area (Å²) < 4.78 is 0. The molecule has 0 aliphatic carbocycles. The van der Waals surface area contributed by atoms with Crippen LogP contribution in [0.4, 0.5) is 0 Å². The van der Waals surface area contributed by atoms with Gasteiger partial charge in [0.2, 0.25) is 0 Å². The van der Waals surface area contributed by atoms with E-state index in [1.807, 2.05) is 30.3 Å². The first-order valence-corrected chi connectivity index (χ1v) is 4.63. The molecule has 2 N–H and O–H groups in total. The van der Waals surface area contributed by atoms with Gasteiger partial charge in [-0.15, -0.1) is 0 Å². The van der Waals surface area contributed by atoms with Gasteiger partial charge in [-0.05, 0) is 18.1 Å². The van der Waals surface area contributed by atoms with Crippen molar-refractivity contribution in [3.8, 4) is 0 Å². The molecule has 0 bridgehead atoms. The molecule has 0 heterocycles. The Kier molecular flexibility index (Phi) is 4.03. The third-order valence-electron chi connectivity index (χ3n) is 1.98. The fraction of sp³-hybridized carbons (Fsp3) is 0.182. The van der Waals surface area contributed by atoms with Crippen molar-refractivity contribution in [3.05, 3.63) is 41.5 Å². The molecule has 0 fully saturated rings. The van der Waals surface area contributed by atoms with Crippen LogP contribution in [0.15, 0.2) is 35.9 Å². The highest BCUT2D eigenvalue weighted by Crippen LogP contribution is 2.11. The van der Waals surface area contributed by atoms with Gasteiger partial charge in [-0.2, -0.15) is 0 Å². The zero-order valence-electron chi connectivity index (χ0n) is 8.42. The summed E-state index contributed by atoms with van der Waals surface area (Å²) in [5, 5.41) is 16.8. The van der Waals surface area contributed by atoms with Crippen LogP contribution in [0.3, 0.4) is 0 Å². The molecule has 80 valence electrons. The summed E-state index contributed by atoms with van der Waals surface area (Å²) in [6.45, 7) is 1.77. The number of carbonyl (C=O) groups is 1. The van der Waals surface area contributed by atoms with E-state index in [0.29, 0.717) is 12.0 Å². The van der Waals surface area contributed by atoms with Crippen LogP contribution in [0.1, 0.15) is 18.9 Å². The second kappa shape index (κ2) is 5.29. The smallest absolute Gasteiger partial charge is 0.265 e. The molecule has 4 heteroatoms.